The maximum atomic E-state index is 12.9. The predicted octanol–water partition coefficient (Wildman–Crippen LogP) is 2.13. The Morgan fingerprint density at radius 3 is 2.80 bits per heavy atom. The molecule has 130 valence electrons. The van der Waals surface area contributed by atoms with Gasteiger partial charge < -0.3 is 9.80 Å². The lowest BCUT2D eigenvalue weighted by molar-refractivity contribution is -0.136. The SMILES string of the molecule is CN(Cc1ccccn1)C(=O)[C@@H]1CCCCN1C(=O)c1cccnc1. The molecule has 2 aromatic heterocycles. The summed E-state index contributed by atoms with van der Waals surface area (Å²) in [6.45, 7) is 1.03. The van der Waals surface area contributed by atoms with Gasteiger partial charge in [0.2, 0.25) is 5.91 Å². The summed E-state index contributed by atoms with van der Waals surface area (Å²) in [6, 6.07) is 8.70. The van der Waals surface area contributed by atoms with Crippen molar-refractivity contribution in [2.24, 2.45) is 0 Å². The normalized spacial score (nSPS) is 17.2. The van der Waals surface area contributed by atoms with E-state index in [1.165, 1.54) is 0 Å². The van der Waals surface area contributed by atoms with Gasteiger partial charge in [0.05, 0.1) is 17.8 Å². The van der Waals surface area contributed by atoms with E-state index in [9.17, 15) is 9.59 Å². The fourth-order valence-electron chi connectivity index (χ4n) is 3.15. The Labute approximate surface area is 147 Å². The van der Waals surface area contributed by atoms with E-state index < -0.39 is 6.04 Å². The minimum atomic E-state index is -0.421. The van der Waals surface area contributed by atoms with Gasteiger partial charge in [-0.3, -0.25) is 19.6 Å². The van der Waals surface area contributed by atoms with E-state index in [0.717, 1.165) is 18.5 Å². The van der Waals surface area contributed by atoms with Crippen LogP contribution in [0, 0.1) is 0 Å². The number of rotatable bonds is 4. The van der Waals surface area contributed by atoms with Crippen molar-refractivity contribution in [1.82, 2.24) is 19.8 Å². The summed E-state index contributed by atoms with van der Waals surface area (Å²) < 4.78 is 0. The van der Waals surface area contributed by atoms with Crippen LogP contribution in [0.1, 0.15) is 35.3 Å². The molecular weight excluding hydrogens is 316 g/mol. The number of aromatic nitrogens is 2. The van der Waals surface area contributed by atoms with Crippen LogP contribution in [0.15, 0.2) is 48.9 Å². The molecule has 0 aromatic carbocycles. The van der Waals surface area contributed by atoms with Crippen molar-refractivity contribution in [3.63, 3.8) is 0 Å². The van der Waals surface area contributed by atoms with E-state index in [0.29, 0.717) is 25.1 Å². The highest BCUT2D eigenvalue weighted by Crippen LogP contribution is 2.21. The van der Waals surface area contributed by atoms with Gasteiger partial charge in [-0.05, 0) is 43.5 Å². The summed E-state index contributed by atoms with van der Waals surface area (Å²) in [5, 5.41) is 0. The topological polar surface area (TPSA) is 66.4 Å². The average molecular weight is 338 g/mol. The third-order valence-electron chi connectivity index (χ3n) is 4.46. The van der Waals surface area contributed by atoms with Gasteiger partial charge in [-0.15, -0.1) is 0 Å². The van der Waals surface area contributed by atoms with Crippen LogP contribution in [0.4, 0.5) is 0 Å². The van der Waals surface area contributed by atoms with E-state index in [-0.39, 0.29) is 11.8 Å². The zero-order valence-corrected chi connectivity index (χ0v) is 14.3. The number of hydrogen-bond donors (Lipinski definition) is 0. The molecule has 1 atom stereocenters. The second kappa shape index (κ2) is 7.88. The lowest BCUT2D eigenvalue weighted by Crippen LogP contribution is -2.52. The summed E-state index contributed by atoms with van der Waals surface area (Å²) in [4.78, 5) is 37.4. The molecule has 0 bridgehead atoms. The monoisotopic (exact) mass is 338 g/mol. The smallest absolute Gasteiger partial charge is 0.256 e. The zero-order chi connectivity index (χ0) is 17.6. The van der Waals surface area contributed by atoms with Gasteiger partial charge in [0.25, 0.3) is 5.91 Å². The average Bonchev–Trinajstić information content (AvgIpc) is 2.68. The minimum Gasteiger partial charge on any atom is -0.338 e. The van der Waals surface area contributed by atoms with E-state index in [1.807, 2.05) is 18.2 Å². The van der Waals surface area contributed by atoms with Gasteiger partial charge in [-0.2, -0.15) is 0 Å². The lowest BCUT2D eigenvalue weighted by Gasteiger charge is -2.36. The molecule has 6 heteroatoms. The highest BCUT2D eigenvalue weighted by Gasteiger charge is 2.34. The van der Waals surface area contributed by atoms with E-state index in [4.69, 9.17) is 0 Å². The molecule has 1 saturated heterocycles. The van der Waals surface area contributed by atoms with Gasteiger partial charge in [0, 0.05) is 32.2 Å². The summed E-state index contributed by atoms with van der Waals surface area (Å²) in [5.41, 5.74) is 1.36. The van der Waals surface area contributed by atoms with Crippen LogP contribution in [-0.2, 0) is 11.3 Å². The maximum absolute atomic E-state index is 12.9. The number of pyridine rings is 2. The molecular formula is C19H22N4O2. The van der Waals surface area contributed by atoms with Gasteiger partial charge in [0.1, 0.15) is 6.04 Å². The number of likely N-dealkylation sites (tertiary alicyclic amines) is 1. The van der Waals surface area contributed by atoms with E-state index in [2.05, 4.69) is 9.97 Å². The van der Waals surface area contributed by atoms with Gasteiger partial charge in [0.15, 0.2) is 0 Å². The van der Waals surface area contributed by atoms with Crippen molar-refractivity contribution in [3.8, 4) is 0 Å². The molecule has 6 nitrogen and oxygen atoms in total. The van der Waals surface area contributed by atoms with Crippen molar-refractivity contribution < 1.29 is 9.59 Å². The van der Waals surface area contributed by atoms with Crippen molar-refractivity contribution in [2.45, 2.75) is 31.8 Å². The van der Waals surface area contributed by atoms with Gasteiger partial charge >= 0.3 is 0 Å². The predicted molar refractivity (Wildman–Crippen MR) is 93.6 cm³/mol. The maximum Gasteiger partial charge on any atom is 0.256 e. The molecule has 1 fully saturated rings. The Kier molecular flexibility index (Phi) is 5.38. The molecule has 0 unspecified atom stereocenters. The third-order valence-corrected chi connectivity index (χ3v) is 4.46. The first kappa shape index (κ1) is 17.1. The number of amides is 2. The molecule has 0 N–H and O–H groups in total. The Morgan fingerprint density at radius 2 is 2.08 bits per heavy atom. The molecule has 3 rings (SSSR count). The molecule has 25 heavy (non-hydrogen) atoms. The largest absolute Gasteiger partial charge is 0.338 e. The first-order valence-electron chi connectivity index (χ1n) is 8.52. The van der Waals surface area contributed by atoms with Crippen LogP contribution in [0.25, 0.3) is 0 Å². The first-order chi connectivity index (χ1) is 12.2. The highest BCUT2D eigenvalue weighted by atomic mass is 16.2. The Hall–Kier alpha value is -2.76. The highest BCUT2D eigenvalue weighted by molar-refractivity contribution is 5.97. The number of piperidine rings is 1. The van der Waals surface area contributed by atoms with E-state index in [1.54, 1.807) is 47.6 Å². The van der Waals surface area contributed by atoms with Crippen molar-refractivity contribution in [3.05, 3.63) is 60.2 Å². The standard InChI is InChI=1S/C19H22N4O2/c1-22(14-16-8-2-4-11-21-16)19(25)17-9-3-5-12-23(17)18(24)15-7-6-10-20-13-15/h2,4,6-8,10-11,13,17H,3,5,9,12,14H2,1H3/t17-/m0/s1. The molecule has 0 spiro atoms. The van der Waals surface area contributed by atoms with Crippen molar-refractivity contribution in [1.29, 1.82) is 0 Å². The van der Waals surface area contributed by atoms with Crippen LogP contribution in [0.5, 0.6) is 0 Å². The quantitative estimate of drug-likeness (QED) is 0.856. The number of carbonyl (C=O) groups is 2. The summed E-state index contributed by atoms with van der Waals surface area (Å²) in [7, 11) is 1.76. The Morgan fingerprint density at radius 1 is 1.20 bits per heavy atom. The molecule has 2 aromatic rings. The van der Waals surface area contributed by atoms with Crippen LogP contribution in [0.3, 0.4) is 0 Å². The molecule has 3 heterocycles. The van der Waals surface area contributed by atoms with Crippen LogP contribution >= 0.6 is 0 Å². The van der Waals surface area contributed by atoms with Gasteiger partial charge in [-0.1, -0.05) is 6.07 Å². The van der Waals surface area contributed by atoms with Crippen LogP contribution in [0.2, 0.25) is 0 Å². The van der Waals surface area contributed by atoms with Gasteiger partial charge in [-0.25, -0.2) is 0 Å². The zero-order valence-electron chi connectivity index (χ0n) is 14.3. The molecule has 0 saturated carbocycles. The molecule has 0 radical (unpaired) electrons. The first-order valence-corrected chi connectivity index (χ1v) is 8.52. The number of nitrogens with zero attached hydrogens (tertiary/aromatic N) is 4. The lowest BCUT2D eigenvalue weighted by atomic mass is 9.99. The summed E-state index contributed by atoms with van der Waals surface area (Å²) >= 11 is 0. The number of likely N-dealkylation sites (N-methyl/N-ethyl adjacent to an activating group) is 1. The molecule has 1 aliphatic rings. The fourth-order valence-corrected chi connectivity index (χ4v) is 3.15. The second-order valence-corrected chi connectivity index (χ2v) is 6.27. The third kappa shape index (κ3) is 4.02. The molecule has 1 aliphatic heterocycles. The second-order valence-electron chi connectivity index (χ2n) is 6.27. The van der Waals surface area contributed by atoms with E-state index >= 15 is 0 Å². The summed E-state index contributed by atoms with van der Waals surface area (Å²) in [5.74, 6) is -0.167. The van der Waals surface area contributed by atoms with Crippen LogP contribution in [-0.4, -0.2) is 51.2 Å². The minimum absolute atomic E-state index is 0.0393. The fraction of sp³-hybridized carbons (Fsp3) is 0.368. The Balaban J connectivity index is 1.73. The van der Waals surface area contributed by atoms with Crippen molar-refractivity contribution in [2.75, 3.05) is 13.6 Å². The molecule has 0 aliphatic carbocycles. The number of carbonyl (C=O) groups excluding carboxylic acids is 2. The van der Waals surface area contributed by atoms with Crippen LogP contribution < -0.4 is 0 Å². The number of hydrogen-bond acceptors (Lipinski definition) is 4. The Bertz CT molecular complexity index is 721. The molecule has 2 amide bonds. The summed E-state index contributed by atoms with van der Waals surface area (Å²) in [6.07, 6.45) is 7.46. The van der Waals surface area contributed by atoms with Crippen molar-refractivity contribution >= 4 is 11.8 Å².